The topological polar surface area (TPSA) is 52.3 Å². The highest BCUT2D eigenvalue weighted by atomic mass is 32.1. The van der Waals surface area contributed by atoms with Gasteiger partial charge in [-0.25, -0.2) is 0 Å². The molecule has 0 amide bonds. The molecular formula is C14H23NO2S. The standard InChI is InChI=1S/C14H23NO2S/c1-3-11-9-10-13(18-11)12(15)7-5-6-8-14(16)17-4-2/h9-10,12H,3-8,15H2,1-2H3. The third kappa shape index (κ3) is 5.19. The lowest BCUT2D eigenvalue weighted by molar-refractivity contribution is -0.143. The molecule has 1 heterocycles. The quantitative estimate of drug-likeness (QED) is 0.581. The molecular weight excluding hydrogens is 246 g/mol. The summed E-state index contributed by atoms with van der Waals surface area (Å²) in [6.45, 7) is 4.45. The molecule has 0 saturated carbocycles. The number of ether oxygens (including phenoxy) is 1. The zero-order chi connectivity index (χ0) is 13.4. The summed E-state index contributed by atoms with van der Waals surface area (Å²) in [6, 6.07) is 4.38. The Morgan fingerprint density at radius 3 is 2.78 bits per heavy atom. The maximum absolute atomic E-state index is 11.1. The van der Waals surface area contributed by atoms with Gasteiger partial charge >= 0.3 is 5.97 Å². The number of carbonyl (C=O) groups is 1. The van der Waals surface area contributed by atoms with Gasteiger partial charge in [0, 0.05) is 22.2 Å². The summed E-state index contributed by atoms with van der Waals surface area (Å²) in [6.07, 6.45) is 4.34. The average molecular weight is 269 g/mol. The molecule has 1 aromatic rings. The van der Waals surface area contributed by atoms with E-state index in [1.54, 1.807) is 11.3 Å². The maximum Gasteiger partial charge on any atom is 0.305 e. The predicted molar refractivity (Wildman–Crippen MR) is 75.7 cm³/mol. The molecule has 0 fully saturated rings. The van der Waals surface area contributed by atoms with Crippen LogP contribution in [0, 0.1) is 0 Å². The van der Waals surface area contributed by atoms with E-state index < -0.39 is 0 Å². The van der Waals surface area contributed by atoms with Crippen LogP contribution >= 0.6 is 11.3 Å². The van der Waals surface area contributed by atoms with Crippen molar-refractivity contribution in [2.24, 2.45) is 5.73 Å². The first-order chi connectivity index (χ1) is 8.67. The Morgan fingerprint density at radius 2 is 2.17 bits per heavy atom. The van der Waals surface area contributed by atoms with E-state index in [1.807, 2.05) is 6.92 Å². The van der Waals surface area contributed by atoms with Crippen molar-refractivity contribution in [2.45, 2.75) is 52.0 Å². The number of unbranched alkanes of at least 4 members (excludes halogenated alkanes) is 1. The number of hydrogen-bond acceptors (Lipinski definition) is 4. The predicted octanol–water partition coefficient (Wildman–Crippen LogP) is 3.43. The SMILES string of the molecule is CCOC(=O)CCCCC(N)c1ccc(CC)s1. The monoisotopic (exact) mass is 269 g/mol. The van der Waals surface area contributed by atoms with E-state index in [0.717, 1.165) is 25.7 Å². The van der Waals surface area contributed by atoms with Gasteiger partial charge in [0.15, 0.2) is 0 Å². The van der Waals surface area contributed by atoms with Crippen molar-refractivity contribution in [1.82, 2.24) is 0 Å². The average Bonchev–Trinajstić information content (AvgIpc) is 2.83. The first-order valence-electron chi connectivity index (χ1n) is 6.67. The number of nitrogens with two attached hydrogens (primary N) is 1. The largest absolute Gasteiger partial charge is 0.466 e. The fourth-order valence-electron chi connectivity index (χ4n) is 1.79. The molecule has 4 heteroatoms. The van der Waals surface area contributed by atoms with Crippen molar-refractivity contribution < 1.29 is 9.53 Å². The van der Waals surface area contributed by atoms with Crippen LogP contribution in [0.4, 0.5) is 0 Å². The van der Waals surface area contributed by atoms with Crippen LogP contribution in [-0.2, 0) is 16.0 Å². The molecule has 1 atom stereocenters. The Morgan fingerprint density at radius 1 is 1.39 bits per heavy atom. The summed E-state index contributed by atoms with van der Waals surface area (Å²) >= 11 is 1.80. The Kier molecular flexibility index (Phi) is 6.98. The van der Waals surface area contributed by atoms with E-state index in [0.29, 0.717) is 13.0 Å². The minimum absolute atomic E-state index is 0.101. The first kappa shape index (κ1) is 15.2. The van der Waals surface area contributed by atoms with Gasteiger partial charge in [-0.1, -0.05) is 13.3 Å². The third-order valence-corrected chi connectivity index (χ3v) is 4.21. The second kappa shape index (κ2) is 8.27. The van der Waals surface area contributed by atoms with Gasteiger partial charge < -0.3 is 10.5 Å². The van der Waals surface area contributed by atoms with Crippen LogP contribution in [0.3, 0.4) is 0 Å². The van der Waals surface area contributed by atoms with Crippen molar-refractivity contribution in [3.05, 3.63) is 21.9 Å². The van der Waals surface area contributed by atoms with Gasteiger partial charge in [-0.2, -0.15) is 0 Å². The number of thiophene rings is 1. The summed E-state index contributed by atoms with van der Waals surface area (Å²) in [5.41, 5.74) is 6.13. The lowest BCUT2D eigenvalue weighted by Gasteiger charge is -2.09. The molecule has 102 valence electrons. The summed E-state index contributed by atoms with van der Waals surface area (Å²) < 4.78 is 4.88. The van der Waals surface area contributed by atoms with Gasteiger partial charge in [0.2, 0.25) is 0 Å². The number of hydrogen-bond donors (Lipinski definition) is 1. The lowest BCUT2D eigenvalue weighted by Crippen LogP contribution is -2.09. The molecule has 1 unspecified atom stereocenters. The minimum atomic E-state index is -0.101. The van der Waals surface area contributed by atoms with Crippen LogP contribution in [0.5, 0.6) is 0 Å². The molecule has 0 spiro atoms. The van der Waals surface area contributed by atoms with Crippen molar-refractivity contribution >= 4 is 17.3 Å². The first-order valence-corrected chi connectivity index (χ1v) is 7.48. The molecule has 0 aliphatic carbocycles. The number of aryl methyl sites for hydroxylation is 1. The van der Waals surface area contributed by atoms with E-state index >= 15 is 0 Å². The van der Waals surface area contributed by atoms with E-state index in [1.165, 1.54) is 9.75 Å². The second-order valence-electron chi connectivity index (χ2n) is 4.31. The van der Waals surface area contributed by atoms with Crippen LogP contribution in [0.25, 0.3) is 0 Å². The van der Waals surface area contributed by atoms with Crippen molar-refractivity contribution in [3.63, 3.8) is 0 Å². The molecule has 0 radical (unpaired) electrons. The number of rotatable bonds is 8. The lowest BCUT2D eigenvalue weighted by atomic mass is 10.1. The molecule has 0 saturated heterocycles. The van der Waals surface area contributed by atoms with Crippen LogP contribution in [0.2, 0.25) is 0 Å². The van der Waals surface area contributed by atoms with Crippen LogP contribution < -0.4 is 5.73 Å². The third-order valence-electron chi connectivity index (χ3n) is 2.85. The molecule has 3 nitrogen and oxygen atoms in total. The summed E-state index contributed by atoms with van der Waals surface area (Å²) in [4.78, 5) is 13.8. The fraction of sp³-hybridized carbons (Fsp3) is 0.643. The molecule has 1 rings (SSSR count). The number of carbonyl (C=O) groups excluding carboxylic acids is 1. The molecule has 1 aromatic heterocycles. The molecule has 0 bridgehead atoms. The molecule has 0 aliphatic heterocycles. The van der Waals surface area contributed by atoms with Gasteiger partial charge in [-0.3, -0.25) is 4.79 Å². The summed E-state index contributed by atoms with van der Waals surface area (Å²) in [5, 5.41) is 0. The van der Waals surface area contributed by atoms with Crippen LogP contribution in [0.15, 0.2) is 12.1 Å². The van der Waals surface area contributed by atoms with E-state index in [2.05, 4.69) is 19.1 Å². The molecule has 18 heavy (non-hydrogen) atoms. The Labute approximate surface area is 113 Å². The van der Waals surface area contributed by atoms with Crippen molar-refractivity contribution in [3.8, 4) is 0 Å². The Bertz CT molecular complexity index is 362. The van der Waals surface area contributed by atoms with Crippen LogP contribution in [0.1, 0.15) is 55.3 Å². The zero-order valence-electron chi connectivity index (χ0n) is 11.3. The smallest absolute Gasteiger partial charge is 0.305 e. The van der Waals surface area contributed by atoms with Gasteiger partial charge in [0.1, 0.15) is 0 Å². The normalized spacial score (nSPS) is 12.4. The summed E-state index contributed by atoms with van der Waals surface area (Å²) in [5.74, 6) is -0.101. The van der Waals surface area contributed by atoms with Gasteiger partial charge in [0.25, 0.3) is 0 Å². The van der Waals surface area contributed by atoms with Gasteiger partial charge in [0.05, 0.1) is 6.61 Å². The van der Waals surface area contributed by atoms with Crippen LogP contribution in [-0.4, -0.2) is 12.6 Å². The second-order valence-corrected chi connectivity index (χ2v) is 5.51. The summed E-state index contributed by atoms with van der Waals surface area (Å²) in [7, 11) is 0. The highest BCUT2D eigenvalue weighted by Crippen LogP contribution is 2.25. The van der Waals surface area contributed by atoms with Crippen molar-refractivity contribution in [1.29, 1.82) is 0 Å². The number of esters is 1. The Balaban J connectivity index is 2.20. The van der Waals surface area contributed by atoms with E-state index in [4.69, 9.17) is 10.5 Å². The van der Waals surface area contributed by atoms with E-state index in [-0.39, 0.29) is 12.0 Å². The van der Waals surface area contributed by atoms with Crippen molar-refractivity contribution in [2.75, 3.05) is 6.61 Å². The van der Waals surface area contributed by atoms with E-state index in [9.17, 15) is 4.79 Å². The van der Waals surface area contributed by atoms with Gasteiger partial charge in [-0.15, -0.1) is 11.3 Å². The highest BCUT2D eigenvalue weighted by molar-refractivity contribution is 7.12. The fourth-order valence-corrected chi connectivity index (χ4v) is 2.78. The highest BCUT2D eigenvalue weighted by Gasteiger charge is 2.09. The molecule has 0 aliphatic rings. The van der Waals surface area contributed by atoms with Gasteiger partial charge in [-0.05, 0) is 38.3 Å². The minimum Gasteiger partial charge on any atom is -0.466 e. The zero-order valence-corrected chi connectivity index (χ0v) is 12.1. The molecule has 2 N–H and O–H groups in total. The molecule has 0 aromatic carbocycles. The Hall–Kier alpha value is -0.870. The maximum atomic E-state index is 11.1.